The summed E-state index contributed by atoms with van der Waals surface area (Å²) in [5.41, 5.74) is 0.742. The summed E-state index contributed by atoms with van der Waals surface area (Å²) in [6.45, 7) is 2.04. The molecule has 1 fully saturated rings. The minimum atomic E-state index is -1.01. The van der Waals surface area contributed by atoms with Crippen LogP contribution >= 0.6 is 11.8 Å². The van der Waals surface area contributed by atoms with Crippen LogP contribution in [0.2, 0.25) is 0 Å². The quantitative estimate of drug-likeness (QED) is 0.816. The summed E-state index contributed by atoms with van der Waals surface area (Å²) in [6.07, 6.45) is -0.744. The Balaban J connectivity index is 2.00. The summed E-state index contributed by atoms with van der Waals surface area (Å²) in [6, 6.07) is 7.55. The minimum Gasteiger partial charge on any atom is -0.479 e. The lowest BCUT2D eigenvalue weighted by atomic mass is 10.2. The Morgan fingerprint density at radius 1 is 1.35 bits per heavy atom. The summed E-state index contributed by atoms with van der Waals surface area (Å²) in [4.78, 5) is 23.9. The predicted octanol–water partition coefficient (Wildman–Crippen LogP) is 2.37. The molecule has 1 aliphatic heterocycles. The van der Waals surface area contributed by atoms with E-state index in [9.17, 15) is 9.59 Å². The molecule has 2 rings (SSSR count). The van der Waals surface area contributed by atoms with Crippen LogP contribution in [0, 0.1) is 0 Å². The second kappa shape index (κ2) is 6.76. The molecular formula is C14H17NO4S. The van der Waals surface area contributed by atoms with Gasteiger partial charge < -0.3 is 15.2 Å². The lowest BCUT2D eigenvalue weighted by Gasteiger charge is -2.14. The Morgan fingerprint density at radius 2 is 2.05 bits per heavy atom. The zero-order valence-corrected chi connectivity index (χ0v) is 12.0. The van der Waals surface area contributed by atoms with Gasteiger partial charge in [-0.3, -0.25) is 4.79 Å². The highest BCUT2D eigenvalue weighted by molar-refractivity contribution is 7.99. The van der Waals surface area contributed by atoms with E-state index >= 15 is 0 Å². The van der Waals surface area contributed by atoms with E-state index in [-0.39, 0.29) is 5.91 Å². The molecule has 1 aromatic carbocycles. The van der Waals surface area contributed by atoms with Crippen molar-refractivity contribution in [3.05, 3.63) is 24.3 Å². The number of carboxylic acid groups (broad SMARTS) is 1. The minimum absolute atomic E-state index is 0.280. The zero-order chi connectivity index (χ0) is 14.5. The van der Waals surface area contributed by atoms with E-state index in [1.54, 1.807) is 11.8 Å². The van der Waals surface area contributed by atoms with Gasteiger partial charge in [0.05, 0.1) is 5.69 Å². The summed E-state index contributed by atoms with van der Waals surface area (Å²) in [7, 11) is 0. The lowest BCUT2D eigenvalue weighted by Crippen LogP contribution is -2.30. The number of carbonyl (C=O) groups excluding carboxylic acids is 1. The Hall–Kier alpha value is -1.53. The molecular weight excluding hydrogens is 278 g/mol. The molecule has 0 aliphatic carbocycles. The molecule has 1 amide bonds. The first-order chi connectivity index (χ1) is 9.61. The number of hydrogen-bond acceptors (Lipinski definition) is 4. The van der Waals surface area contributed by atoms with Crippen molar-refractivity contribution in [3.63, 3.8) is 0 Å². The van der Waals surface area contributed by atoms with E-state index in [2.05, 4.69) is 5.32 Å². The van der Waals surface area contributed by atoms with E-state index in [0.29, 0.717) is 12.8 Å². The molecule has 2 N–H and O–H groups in total. The van der Waals surface area contributed by atoms with E-state index in [1.165, 1.54) is 0 Å². The second-order valence-corrected chi connectivity index (χ2v) is 5.75. The van der Waals surface area contributed by atoms with Gasteiger partial charge in [0, 0.05) is 4.90 Å². The smallest absolute Gasteiger partial charge is 0.332 e. The molecule has 2 unspecified atom stereocenters. The Kier molecular flexibility index (Phi) is 5.03. The van der Waals surface area contributed by atoms with E-state index < -0.39 is 18.2 Å². The van der Waals surface area contributed by atoms with Gasteiger partial charge >= 0.3 is 5.97 Å². The van der Waals surface area contributed by atoms with Crippen LogP contribution in [0.5, 0.6) is 0 Å². The molecule has 0 spiro atoms. The molecule has 1 aromatic rings. The van der Waals surface area contributed by atoms with Crippen molar-refractivity contribution < 1.29 is 19.4 Å². The summed E-state index contributed by atoms with van der Waals surface area (Å²) >= 11 is 1.64. The fourth-order valence-corrected chi connectivity index (χ4v) is 2.84. The highest BCUT2D eigenvalue weighted by atomic mass is 32.2. The number of anilines is 1. The molecule has 20 heavy (non-hydrogen) atoms. The number of rotatable bonds is 5. The fourth-order valence-electron chi connectivity index (χ4n) is 2.08. The van der Waals surface area contributed by atoms with Crippen molar-refractivity contribution >= 4 is 29.3 Å². The number of nitrogens with one attached hydrogen (secondary N) is 1. The predicted molar refractivity (Wildman–Crippen MR) is 77.0 cm³/mol. The number of carbonyl (C=O) groups is 2. The van der Waals surface area contributed by atoms with Crippen LogP contribution in [0.15, 0.2) is 29.2 Å². The molecule has 2 atom stereocenters. The van der Waals surface area contributed by atoms with Gasteiger partial charge in [-0.2, -0.15) is 0 Å². The average Bonchev–Trinajstić information content (AvgIpc) is 2.91. The molecule has 0 saturated carbocycles. The summed E-state index contributed by atoms with van der Waals surface area (Å²) in [5, 5.41) is 11.7. The van der Waals surface area contributed by atoms with Crippen molar-refractivity contribution in [2.24, 2.45) is 0 Å². The largest absolute Gasteiger partial charge is 0.479 e. The Labute approximate surface area is 121 Å². The first-order valence-electron chi connectivity index (χ1n) is 6.52. The lowest BCUT2D eigenvalue weighted by molar-refractivity contribution is -0.150. The molecule has 1 aliphatic rings. The van der Waals surface area contributed by atoms with Gasteiger partial charge in [-0.05, 0) is 30.7 Å². The highest BCUT2D eigenvalue weighted by Crippen LogP contribution is 2.28. The van der Waals surface area contributed by atoms with Crippen LogP contribution in [0.3, 0.4) is 0 Å². The molecule has 1 saturated heterocycles. The number of benzene rings is 1. The maximum atomic E-state index is 12.1. The normalized spacial score (nSPS) is 21.6. The number of aliphatic carboxylic acids is 1. The van der Waals surface area contributed by atoms with Gasteiger partial charge in [-0.25, -0.2) is 4.79 Å². The van der Waals surface area contributed by atoms with Crippen LogP contribution in [-0.2, 0) is 14.3 Å². The average molecular weight is 295 g/mol. The van der Waals surface area contributed by atoms with Gasteiger partial charge in [-0.1, -0.05) is 19.1 Å². The third kappa shape index (κ3) is 3.52. The number of amides is 1. The van der Waals surface area contributed by atoms with Crippen LogP contribution in [0.4, 0.5) is 5.69 Å². The maximum absolute atomic E-state index is 12.1. The van der Waals surface area contributed by atoms with Crippen LogP contribution in [0.1, 0.15) is 19.8 Å². The SMILES string of the molecule is CCSc1ccccc1NC(=O)C1CCC(C(=O)O)O1. The number of ether oxygens (including phenoxy) is 1. The summed E-state index contributed by atoms with van der Waals surface area (Å²) in [5.74, 6) is -0.381. The molecule has 0 radical (unpaired) electrons. The molecule has 0 bridgehead atoms. The van der Waals surface area contributed by atoms with E-state index in [4.69, 9.17) is 9.84 Å². The van der Waals surface area contributed by atoms with Crippen LogP contribution in [-0.4, -0.2) is 34.9 Å². The van der Waals surface area contributed by atoms with Crippen molar-refractivity contribution in [3.8, 4) is 0 Å². The molecule has 5 nitrogen and oxygen atoms in total. The number of para-hydroxylation sites is 1. The van der Waals surface area contributed by atoms with Gasteiger partial charge in [0.2, 0.25) is 0 Å². The van der Waals surface area contributed by atoms with Crippen molar-refractivity contribution in [2.75, 3.05) is 11.1 Å². The summed E-state index contributed by atoms with van der Waals surface area (Å²) < 4.78 is 5.24. The topological polar surface area (TPSA) is 75.6 Å². The van der Waals surface area contributed by atoms with Gasteiger partial charge in [-0.15, -0.1) is 11.8 Å². The van der Waals surface area contributed by atoms with Crippen molar-refractivity contribution in [1.29, 1.82) is 0 Å². The van der Waals surface area contributed by atoms with Crippen molar-refractivity contribution in [1.82, 2.24) is 0 Å². The zero-order valence-electron chi connectivity index (χ0n) is 11.2. The third-order valence-electron chi connectivity index (χ3n) is 3.03. The first kappa shape index (κ1) is 14.9. The molecule has 6 heteroatoms. The number of thioether (sulfide) groups is 1. The molecule has 1 heterocycles. The third-order valence-corrected chi connectivity index (χ3v) is 3.99. The molecule has 108 valence electrons. The molecule has 0 aromatic heterocycles. The second-order valence-electron chi connectivity index (χ2n) is 4.45. The van der Waals surface area contributed by atoms with Gasteiger partial charge in [0.15, 0.2) is 6.10 Å². The maximum Gasteiger partial charge on any atom is 0.332 e. The fraction of sp³-hybridized carbons (Fsp3) is 0.429. The standard InChI is InChI=1S/C14H17NO4S/c1-2-20-12-6-4-3-5-9(12)15-13(16)10-7-8-11(19-10)14(17)18/h3-6,10-11H,2,7-8H2,1H3,(H,15,16)(H,17,18). The Morgan fingerprint density at radius 3 is 2.70 bits per heavy atom. The first-order valence-corrected chi connectivity index (χ1v) is 7.51. The Bertz CT molecular complexity index is 506. The highest BCUT2D eigenvalue weighted by Gasteiger charge is 2.34. The van der Waals surface area contributed by atoms with Crippen molar-refractivity contribution in [2.45, 2.75) is 36.9 Å². The number of hydrogen-bond donors (Lipinski definition) is 2. The van der Waals surface area contributed by atoms with E-state index in [1.807, 2.05) is 31.2 Å². The van der Waals surface area contributed by atoms with Crippen LogP contribution < -0.4 is 5.32 Å². The number of carboxylic acids is 1. The van der Waals surface area contributed by atoms with E-state index in [0.717, 1.165) is 16.3 Å². The van der Waals surface area contributed by atoms with Gasteiger partial charge in [0.1, 0.15) is 6.10 Å². The monoisotopic (exact) mass is 295 g/mol. The van der Waals surface area contributed by atoms with Crippen LogP contribution in [0.25, 0.3) is 0 Å². The van der Waals surface area contributed by atoms with Gasteiger partial charge in [0.25, 0.3) is 5.91 Å².